The highest BCUT2D eigenvalue weighted by molar-refractivity contribution is 5.93. The van der Waals surface area contributed by atoms with Gasteiger partial charge in [0.25, 0.3) is 0 Å². The van der Waals surface area contributed by atoms with Crippen LogP contribution in [0, 0.1) is 0 Å². The third kappa shape index (κ3) is 3.72. The van der Waals surface area contributed by atoms with E-state index in [-0.39, 0.29) is 18.7 Å². The molecule has 2 aliphatic rings. The molecule has 182 valence electrons. The number of fused-ring (bicyclic) bond motifs is 4. The number of aromatic amines is 2. The molecular weight excluding hydrogens is 468 g/mol. The largest absolute Gasteiger partial charge is 0.454 e. The van der Waals surface area contributed by atoms with Crippen molar-refractivity contribution >= 4 is 22.9 Å². The van der Waals surface area contributed by atoms with Gasteiger partial charge < -0.3 is 19.4 Å². The molecule has 2 aromatic heterocycles. The molecule has 2 aliphatic heterocycles. The number of H-pyrrole nitrogens is 2. The molecule has 4 heterocycles. The van der Waals surface area contributed by atoms with Crippen LogP contribution in [0.5, 0.6) is 11.5 Å². The van der Waals surface area contributed by atoms with Crippen LogP contribution in [0.1, 0.15) is 28.4 Å². The summed E-state index contributed by atoms with van der Waals surface area (Å²) in [7, 11) is 0. The maximum Gasteiger partial charge on any atom is 0.247 e. The molecule has 0 saturated heterocycles. The van der Waals surface area contributed by atoms with E-state index in [2.05, 4.69) is 43.8 Å². The second-order valence-corrected chi connectivity index (χ2v) is 9.05. The first-order valence-corrected chi connectivity index (χ1v) is 12.1. The van der Waals surface area contributed by atoms with E-state index in [0.29, 0.717) is 18.1 Å². The summed E-state index contributed by atoms with van der Waals surface area (Å²) in [4.78, 5) is 19.1. The van der Waals surface area contributed by atoms with Crippen molar-refractivity contribution in [2.24, 2.45) is 0 Å². The number of benzene rings is 3. The smallest absolute Gasteiger partial charge is 0.247 e. The molecule has 37 heavy (non-hydrogen) atoms. The van der Waals surface area contributed by atoms with Gasteiger partial charge in [-0.2, -0.15) is 5.21 Å². The van der Waals surface area contributed by atoms with Gasteiger partial charge in [-0.25, -0.2) is 0 Å². The molecule has 1 amide bonds. The summed E-state index contributed by atoms with van der Waals surface area (Å²) < 4.78 is 11.2. The molecule has 0 bridgehead atoms. The monoisotopic (exact) mass is 490 g/mol. The summed E-state index contributed by atoms with van der Waals surface area (Å²) >= 11 is 0. The van der Waals surface area contributed by atoms with Crippen molar-refractivity contribution < 1.29 is 14.3 Å². The number of amides is 1. The summed E-state index contributed by atoms with van der Waals surface area (Å²) in [6.45, 7) is 0.811. The Kier molecular flexibility index (Phi) is 4.99. The first kappa shape index (κ1) is 21.4. The summed E-state index contributed by atoms with van der Waals surface area (Å²) in [5.74, 6) is 1.89. The molecule has 7 rings (SSSR count). The molecule has 5 aromatic rings. The maximum atomic E-state index is 13.6. The topological polar surface area (TPSA) is 109 Å². The summed E-state index contributed by atoms with van der Waals surface area (Å²) in [5.41, 5.74) is 6.10. The van der Waals surface area contributed by atoms with Gasteiger partial charge in [0.05, 0.1) is 6.04 Å². The lowest BCUT2D eigenvalue weighted by Crippen LogP contribution is -2.39. The van der Waals surface area contributed by atoms with E-state index < -0.39 is 0 Å². The zero-order chi connectivity index (χ0) is 24.8. The van der Waals surface area contributed by atoms with Crippen LogP contribution in [0.4, 0.5) is 0 Å². The second-order valence-electron chi connectivity index (χ2n) is 9.05. The number of aromatic nitrogens is 5. The highest BCUT2D eigenvalue weighted by Crippen LogP contribution is 2.42. The Labute approximate surface area is 211 Å². The van der Waals surface area contributed by atoms with Crippen molar-refractivity contribution in [3.05, 3.63) is 95.2 Å². The number of rotatable bonds is 4. The quantitative estimate of drug-likeness (QED) is 0.364. The Morgan fingerprint density at radius 3 is 2.76 bits per heavy atom. The lowest BCUT2D eigenvalue weighted by molar-refractivity contribution is -0.128. The SMILES string of the molecule is O=C(C=Cc1ccc(-c2nn[nH]n2)cc1)N1CCc2c([nH]c3ccccc23)C1c1ccc2c(c1)OCO2. The van der Waals surface area contributed by atoms with Crippen molar-refractivity contribution in [3.8, 4) is 22.9 Å². The van der Waals surface area contributed by atoms with Crippen molar-refractivity contribution in [1.82, 2.24) is 30.5 Å². The zero-order valence-corrected chi connectivity index (χ0v) is 19.7. The van der Waals surface area contributed by atoms with Crippen LogP contribution >= 0.6 is 0 Å². The molecule has 0 aliphatic carbocycles. The minimum atomic E-state index is -0.275. The van der Waals surface area contributed by atoms with Crippen LogP contribution in [0.3, 0.4) is 0 Å². The molecule has 3 aromatic carbocycles. The van der Waals surface area contributed by atoms with Gasteiger partial charge in [-0.3, -0.25) is 4.79 Å². The first-order valence-electron chi connectivity index (χ1n) is 12.1. The fourth-order valence-electron chi connectivity index (χ4n) is 5.20. The van der Waals surface area contributed by atoms with Crippen molar-refractivity contribution in [1.29, 1.82) is 0 Å². The van der Waals surface area contributed by atoms with Crippen LogP contribution in [0.15, 0.2) is 72.8 Å². The number of carbonyl (C=O) groups excluding carboxylic acids is 1. The lowest BCUT2D eigenvalue weighted by Gasteiger charge is -2.35. The average molecular weight is 491 g/mol. The van der Waals surface area contributed by atoms with E-state index in [1.54, 1.807) is 6.08 Å². The molecular formula is C28H22N6O3. The fourth-order valence-corrected chi connectivity index (χ4v) is 5.20. The molecule has 2 N–H and O–H groups in total. The van der Waals surface area contributed by atoms with Crippen LogP contribution in [0.2, 0.25) is 0 Å². The zero-order valence-electron chi connectivity index (χ0n) is 19.7. The molecule has 9 nitrogen and oxygen atoms in total. The number of carbonyl (C=O) groups is 1. The Hall–Kier alpha value is -4.92. The Morgan fingerprint density at radius 2 is 1.89 bits per heavy atom. The number of nitrogens with one attached hydrogen (secondary N) is 2. The number of ether oxygens (including phenoxy) is 2. The number of para-hydroxylation sites is 1. The van der Waals surface area contributed by atoms with Gasteiger partial charge in [-0.1, -0.05) is 48.5 Å². The standard InChI is InChI=1S/C28H22N6O3/c35-25(12-7-17-5-8-18(9-6-17)28-30-32-33-31-28)34-14-13-21-20-3-1-2-4-22(20)29-26(21)27(34)19-10-11-23-24(15-19)37-16-36-23/h1-12,15,27,29H,13-14,16H2,(H,30,31,32,33). The van der Waals surface area contributed by atoms with Crippen LogP contribution in [-0.2, 0) is 11.2 Å². The van der Waals surface area contributed by atoms with E-state index in [9.17, 15) is 4.79 Å². The predicted molar refractivity (Wildman–Crippen MR) is 137 cm³/mol. The van der Waals surface area contributed by atoms with Crippen molar-refractivity contribution in [3.63, 3.8) is 0 Å². The highest BCUT2D eigenvalue weighted by atomic mass is 16.7. The Morgan fingerprint density at radius 1 is 1.03 bits per heavy atom. The van der Waals surface area contributed by atoms with E-state index >= 15 is 0 Å². The van der Waals surface area contributed by atoms with Gasteiger partial charge in [0.2, 0.25) is 18.5 Å². The Bertz CT molecular complexity index is 1640. The van der Waals surface area contributed by atoms with Crippen LogP contribution in [0.25, 0.3) is 28.4 Å². The molecule has 1 unspecified atom stereocenters. The van der Waals surface area contributed by atoms with Gasteiger partial charge in [0.1, 0.15) is 0 Å². The Balaban J connectivity index is 1.23. The number of hydrogen-bond acceptors (Lipinski definition) is 6. The molecule has 0 spiro atoms. The normalized spacial score (nSPS) is 16.4. The molecule has 1 atom stereocenters. The fraction of sp³-hybridized carbons (Fsp3) is 0.143. The molecule has 0 radical (unpaired) electrons. The van der Waals surface area contributed by atoms with E-state index in [1.807, 2.05) is 59.5 Å². The first-order chi connectivity index (χ1) is 18.2. The summed E-state index contributed by atoms with van der Waals surface area (Å²) in [5, 5.41) is 15.2. The summed E-state index contributed by atoms with van der Waals surface area (Å²) in [6, 6.07) is 21.6. The van der Waals surface area contributed by atoms with Crippen LogP contribution in [-0.4, -0.2) is 49.8 Å². The highest BCUT2D eigenvalue weighted by Gasteiger charge is 2.34. The van der Waals surface area contributed by atoms with E-state index in [0.717, 1.165) is 40.1 Å². The number of nitrogens with zero attached hydrogens (tertiary/aromatic N) is 4. The average Bonchev–Trinajstić information content (AvgIpc) is 3.71. The lowest BCUT2D eigenvalue weighted by atomic mass is 9.92. The number of hydrogen-bond donors (Lipinski definition) is 2. The predicted octanol–water partition coefficient (Wildman–Crippen LogP) is 4.26. The van der Waals surface area contributed by atoms with Gasteiger partial charge in [-0.15, -0.1) is 10.2 Å². The van der Waals surface area contributed by atoms with Gasteiger partial charge >= 0.3 is 0 Å². The molecule has 0 fully saturated rings. The molecule has 0 saturated carbocycles. The van der Waals surface area contributed by atoms with Gasteiger partial charge in [0, 0.05) is 34.8 Å². The van der Waals surface area contributed by atoms with Crippen molar-refractivity contribution in [2.75, 3.05) is 13.3 Å². The number of tetrazole rings is 1. The van der Waals surface area contributed by atoms with Gasteiger partial charge in [-0.05, 0) is 52.6 Å². The van der Waals surface area contributed by atoms with Crippen LogP contribution < -0.4 is 9.47 Å². The maximum absolute atomic E-state index is 13.6. The van der Waals surface area contributed by atoms with E-state index in [1.165, 1.54) is 10.9 Å². The van der Waals surface area contributed by atoms with E-state index in [4.69, 9.17) is 9.47 Å². The molecule has 9 heteroatoms. The third-order valence-corrected chi connectivity index (χ3v) is 6.96. The third-order valence-electron chi connectivity index (χ3n) is 6.96. The van der Waals surface area contributed by atoms with Gasteiger partial charge in [0.15, 0.2) is 11.5 Å². The summed E-state index contributed by atoms with van der Waals surface area (Å²) in [6.07, 6.45) is 4.25. The minimum Gasteiger partial charge on any atom is -0.454 e. The second kappa shape index (κ2) is 8.63. The van der Waals surface area contributed by atoms with Crippen molar-refractivity contribution in [2.45, 2.75) is 12.5 Å². The minimum absolute atomic E-state index is 0.0609.